The van der Waals surface area contributed by atoms with Gasteiger partial charge in [0.1, 0.15) is 5.82 Å². The van der Waals surface area contributed by atoms with Crippen LogP contribution in [0, 0.1) is 5.82 Å². The first-order valence-corrected chi connectivity index (χ1v) is 8.77. The highest BCUT2D eigenvalue weighted by atomic mass is 32.2. The van der Waals surface area contributed by atoms with Crippen LogP contribution in [0.25, 0.3) is 0 Å². The predicted molar refractivity (Wildman–Crippen MR) is 90.7 cm³/mol. The fourth-order valence-electron chi connectivity index (χ4n) is 2.25. The minimum absolute atomic E-state index is 0.0183. The van der Waals surface area contributed by atoms with Gasteiger partial charge in [0.25, 0.3) is 10.0 Å². The largest absolute Gasteiger partial charge is 0.280 e. The van der Waals surface area contributed by atoms with Crippen molar-refractivity contribution >= 4 is 15.7 Å². The third-order valence-electron chi connectivity index (χ3n) is 3.49. The van der Waals surface area contributed by atoms with Crippen LogP contribution < -0.4 is 4.72 Å². The van der Waals surface area contributed by atoms with E-state index in [0.717, 1.165) is 29.7 Å². The summed E-state index contributed by atoms with van der Waals surface area (Å²) in [7, 11) is -3.73. The number of sulfonamides is 1. The topological polar surface area (TPSA) is 59.1 Å². The molecule has 0 unspecified atom stereocenters. The summed E-state index contributed by atoms with van der Waals surface area (Å²) >= 11 is 0. The monoisotopic (exact) mass is 342 g/mol. The number of hydrogen-bond acceptors (Lipinski definition) is 3. The molecular formula is C18H15FN2O2S. The number of nitrogens with one attached hydrogen (secondary N) is 1. The van der Waals surface area contributed by atoms with Gasteiger partial charge < -0.3 is 0 Å². The molecule has 1 aromatic heterocycles. The van der Waals surface area contributed by atoms with Gasteiger partial charge in [0.2, 0.25) is 0 Å². The third kappa shape index (κ3) is 3.97. The lowest BCUT2D eigenvalue weighted by Gasteiger charge is -2.09. The van der Waals surface area contributed by atoms with Crippen molar-refractivity contribution < 1.29 is 12.8 Å². The normalized spacial score (nSPS) is 11.2. The fraction of sp³-hybridized carbons (Fsp3) is 0.0556. The summed E-state index contributed by atoms with van der Waals surface area (Å²) in [5, 5.41) is 0. The van der Waals surface area contributed by atoms with E-state index in [2.05, 4.69) is 9.71 Å². The summed E-state index contributed by atoms with van der Waals surface area (Å²) in [6.45, 7) is 0. The van der Waals surface area contributed by atoms with E-state index in [1.165, 1.54) is 12.1 Å². The van der Waals surface area contributed by atoms with E-state index in [4.69, 9.17) is 0 Å². The molecule has 0 aliphatic heterocycles. The molecule has 0 amide bonds. The molecule has 0 aliphatic carbocycles. The van der Waals surface area contributed by atoms with Crippen LogP contribution in [0.2, 0.25) is 0 Å². The highest BCUT2D eigenvalue weighted by Gasteiger charge is 2.14. The number of benzene rings is 2. The van der Waals surface area contributed by atoms with Gasteiger partial charge in [-0.25, -0.2) is 12.8 Å². The molecular weight excluding hydrogens is 327 g/mol. The number of pyridine rings is 1. The first kappa shape index (κ1) is 16.1. The van der Waals surface area contributed by atoms with E-state index in [9.17, 15) is 12.8 Å². The van der Waals surface area contributed by atoms with Gasteiger partial charge >= 0.3 is 0 Å². The molecule has 122 valence electrons. The molecule has 0 fully saturated rings. The molecule has 6 heteroatoms. The Labute approximate surface area is 140 Å². The summed E-state index contributed by atoms with van der Waals surface area (Å²) in [5.74, 6) is -0.477. The van der Waals surface area contributed by atoms with Gasteiger partial charge in [-0.05, 0) is 66.1 Å². The summed E-state index contributed by atoms with van der Waals surface area (Å²) in [6.07, 6.45) is 4.22. The summed E-state index contributed by atoms with van der Waals surface area (Å²) in [4.78, 5) is 3.99. The van der Waals surface area contributed by atoms with Crippen molar-refractivity contribution in [1.29, 1.82) is 0 Å². The Morgan fingerprint density at radius 3 is 2.04 bits per heavy atom. The molecule has 0 aliphatic rings. The second kappa shape index (κ2) is 6.80. The summed E-state index contributed by atoms with van der Waals surface area (Å²) in [6, 6.07) is 15.7. The molecule has 2 aromatic carbocycles. The van der Waals surface area contributed by atoms with Crippen molar-refractivity contribution in [2.75, 3.05) is 4.72 Å². The van der Waals surface area contributed by atoms with Gasteiger partial charge in [-0.2, -0.15) is 0 Å². The van der Waals surface area contributed by atoms with E-state index < -0.39 is 15.8 Å². The van der Waals surface area contributed by atoms with Crippen LogP contribution in [0.1, 0.15) is 11.1 Å². The molecule has 1 heterocycles. The molecule has 0 atom stereocenters. The molecule has 4 nitrogen and oxygen atoms in total. The van der Waals surface area contributed by atoms with Crippen LogP contribution in [0.15, 0.2) is 78.0 Å². The van der Waals surface area contributed by atoms with E-state index >= 15 is 0 Å². The van der Waals surface area contributed by atoms with Crippen molar-refractivity contribution in [3.8, 4) is 0 Å². The van der Waals surface area contributed by atoms with Gasteiger partial charge in [-0.1, -0.05) is 12.1 Å². The second-order valence-corrected chi connectivity index (χ2v) is 6.97. The van der Waals surface area contributed by atoms with Crippen molar-refractivity contribution in [2.45, 2.75) is 11.3 Å². The first-order valence-electron chi connectivity index (χ1n) is 7.29. The highest BCUT2D eigenvalue weighted by Crippen LogP contribution is 2.18. The zero-order valence-corrected chi connectivity index (χ0v) is 13.5. The average Bonchev–Trinajstić information content (AvgIpc) is 2.58. The molecule has 0 radical (unpaired) electrons. The number of anilines is 1. The zero-order chi connectivity index (χ0) is 17.0. The molecule has 3 rings (SSSR count). The maximum Gasteiger partial charge on any atom is 0.261 e. The average molecular weight is 342 g/mol. The smallest absolute Gasteiger partial charge is 0.261 e. The molecule has 3 aromatic rings. The molecule has 24 heavy (non-hydrogen) atoms. The molecule has 1 N–H and O–H groups in total. The third-order valence-corrected chi connectivity index (χ3v) is 4.88. The lowest BCUT2D eigenvalue weighted by atomic mass is 10.1. The molecule has 0 bridgehead atoms. The van der Waals surface area contributed by atoms with Crippen LogP contribution in [-0.2, 0) is 16.4 Å². The standard InChI is InChI=1S/C18H15FN2O2S/c19-16-3-7-18(8-4-16)24(22,23)21-17-5-1-14(2-6-17)13-15-9-11-20-12-10-15/h1-12,21H,13H2. The molecule has 0 spiro atoms. The van der Waals surface area contributed by atoms with Gasteiger partial charge in [-0.15, -0.1) is 0 Å². The van der Waals surface area contributed by atoms with Gasteiger partial charge in [0, 0.05) is 18.1 Å². The number of nitrogens with zero attached hydrogens (tertiary/aromatic N) is 1. The SMILES string of the molecule is O=S(=O)(Nc1ccc(Cc2ccncc2)cc1)c1ccc(F)cc1. The number of hydrogen-bond donors (Lipinski definition) is 1. The Bertz CT molecular complexity index is 909. The number of aromatic nitrogens is 1. The van der Waals surface area contributed by atoms with Crippen LogP contribution in [0.3, 0.4) is 0 Å². The summed E-state index contributed by atoms with van der Waals surface area (Å²) in [5.41, 5.74) is 2.65. The van der Waals surface area contributed by atoms with Crippen LogP contribution in [-0.4, -0.2) is 13.4 Å². The minimum atomic E-state index is -3.73. The number of halogens is 1. The molecule has 0 saturated carbocycles. The van der Waals surface area contributed by atoms with Crippen molar-refractivity contribution in [3.63, 3.8) is 0 Å². The lowest BCUT2D eigenvalue weighted by molar-refractivity contribution is 0.599. The van der Waals surface area contributed by atoms with E-state index in [1.807, 2.05) is 24.3 Å². The Morgan fingerprint density at radius 1 is 0.833 bits per heavy atom. The number of rotatable bonds is 5. The molecule has 0 saturated heterocycles. The van der Waals surface area contributed by atoms with Gasteiger partial charge in [0.15, 0.2) is 0 Å². The van der Waals surface area contributed by atoms with Crippen LogP contribution in [0.4, 0.5) is 10.1 Å². The first-order chi connectivity index (χ1) is 11.5. The maximum atomic E-state index is 12.9. The van der Waals surface area contributed by atoms with Gasteiger partial charge in [0.05, 0.1) is 4.90 Å². The lowest BCUT2D eigenvalue weighted by Crippen LogP contribution is -2.12. The highest BCUT2D eigenvalue weighted by molar-refractivity contribution is 7.92. The minimum Gasteiger partial charge on any atom is -0.280 e. The van der Waals surface area contributed by atoms with Crippen molar-refractivity contribution in [1.82, 2.24) is 4.98 Å². The summed E-state index contributed by atoms with van der Waals surface area (Å²) < 4.78 is 39.9. The van der Waals surface area contributed by atoms with E-state index in [-0.39, 0.29) is 4.90 Å². The maximum absolute atomic E-state index is 12.9. The Kier molecular flexibility index (Phi) is 4.57. The van der Waals surface area contributed by atoms with Crippen LogP contribution in [0.5, 0.6) is 0 Å². The van der Waals surface area contributed by atoms with Crippen molar-refractivity contribution in [2.24, 2.45) is 0 Å². The quantitative estimate of drug-likeness (QED) is 0.770. The van der Waals surface area contributed by atoms with E-state index in [1.54, 1.807) is 24.5 Å². The van der Waals surface area contributed by atoms with Gasteiger partial charge in [-0.3, -0.25) is 9.71 Å². The fourth-order valence-corrected chi connectivity index (χ4v) is 3.31. The Morgan fingerprint density at radius 2 is 1.42 bits per heavy atom. The Balaban J connectivity index is 1.73. The second-order valence-electron chi connectivity index (χ2n) is 5.29. The zero-order valence-electron chi connectivity index (χ0n) is 12.7. The van der Waals surface area contributed by atoms with Crippen molar-refractivity contribution in [3.05, 3.63) is 90.0 Å². The predicted octanol–water partition coefficient (Wildman–Crippen LogP) is 3.61. The van der Waals surface area contributed by atoms with E-state index in [0.29, 0.717) is 5.69 Å². The Hall–Kier alpha value is -2.73. The van der Waals surface area contributed by atoms with Crippen LogP contribution >= 0.6 is 0 Å².